The number of hydrogen-bond donors (Lipinski definition) is 4. The van der Waals surface area contributed by atoms with E-state index in [1.165, 1.54) is 22.9 Å². The lowest BCUT2D eigenvalue weighted by Crippen LogP contribution is -2.54. The summed E-state index contributed by atoms with van der Waals surface area (Å²) in [5, 5.41) is 23.0. The molecule has 52 heavy (non-hydrogen) atoms. The fourth-order valence-corrected chi connectivity index (χ4v) is 7.10. The molecule has 0 spiro atoms. The zero-order valence-corrected chi connectivity index (χ0v) is 30.9. The van der Waals surface area contributed by atoms with Gasteiger partial charge in [0.25, 0.3) is 0 Å². The minimum absolute atomic E-state index is 0.0373. The second-order valence-electron chi connectivity index (χ2n) is 12.9. The number of aliphatic hydroxyl groups is 1. The van der Waals surface area contributed by atoms with Gasteiger partial charge >= 0.3 is 12.2 Å². The van der Waals surface area contributed by atoms with Crippen LogP contribution in [-0.2, 0) is 45.1 Å². The molecule has 4 N–H and O–H groups in total. The van der Waals surface area contributed by atoms with E-state index < -0.39 is 42.3 Å². The van der Waals surface area contributed by atoms with Crippen molar-refractivity contribution in [3.8, 4) is 0 Å². The topological polar surface area (TPSA) is 164 Å². The van der Waals surface area contributed by atoms with Crippen LogP contribution in [-0.4, -0.2) is 83.1 Å². The van der Waals surface area contributed by atoms with Gasteiger partial charge in [-0.3, -0.25) is 4.79 Å². The largest absolute Gasteiger partial charge is 0.444 e. The lowest BCUT2D eigenvalue weighted by atomic mass is 9.93. The number of morpholine rings is 1. The predicted octanol–water partition coefficient (Wildman–Crippen LogP) is 4.70. The average molecular weight is 751 g/mol. The number of benzene rings is 2. The Balaban J connectivity index is 1.23. The number of carbonyl (C=O) groups is 3. The molecule has 0 saturated carbocycles. The van der Waals surface area contributed by atoms with E-state index in [0.717, 1.165) is 34.2 Å². The lowest BCUT2D eigenvalue weighted by molar-refractivity contribution is -0.125. The molecule has 3 heterocycles. The van der Waals surface area contributed by atoms with E-state index in [1.807, 2.05) is 79.9 Å². The van der Waals surface area contributed by atoms with Gasteiger partial charge in [-0.2, -0.15) is 0 Å². The summed E-state index contributed by atoms with van der Waals surface area (Å²) >= 11 is 2.72. The van der Waals surface area contributed by atoms with E-state index >= 15 is 0 Å². The molecule has 0 bridgehead atoms. The fourth-order valence-electron chi connectivity index (χ4n) is 5.74. The van der Waals surface area contributed by atoms with Gasteiger partial charge in [0.05, 0.1) is 35.9 Å². The molecule has 5 rings (SSSR count). The number of amides is 3. The first kappa shape index (κ1) is 38.7. The van der Waals surface area contributed by atoms with Crippen molar-refractivity contribution in [1.82, 2.24) is 25.3 Å². The molecular formula is C37H46N6O7S2. The molecule has 0 unspecified atom stereocenters. The van der Waals surface area contributed by atoms with E-state index in [2.05, 4.69) is 30.2 Å². The van der Waals surface area contributed by atoms with Crippen LogP contribution in [0, 0.1) is 5.92 Å². The van der Waals surface area contributed by atoms with E-state index in [-0.39, 0.29) is 25.6 Å². The highest BCUT2D eigenvalue weighted by Gasteiger charge is 2.30. The molecule has 1 aliphatic rings. The number of nitrogens with one attached hydrogen (secondary N) is 3. The zero-order chi connectivity index (χ0) is 36.7. The Labute approximate surface area is 311 Å². The first-order valence-electron chi connectivity index (χ1n) is 17.3. The number of rotatable bonds is 17. The molecule has 1 aliphatic heterocycles. The van der Waals surface area contributed by atoms with Crippen LogP contribution in [0.2, 0.25) is 0 Å². The summed E-state index contributed by atoms with van der Waals surface area (Å²) < 4.78 is 20.3. The Morgan fingerprint density at radius 3 is 2.19 bits per heavy atom. The van der Waals surface area contributed by atoms with Crippen LogP contribution in [0.25, 0.3) is 0 Å². The Morgan fingerprint density at radius 1 is 0.885 bits per heavy atom. The highest BCUT2D eigenvalue weighted by Crippen LogP contribution is 2.22. The molecule has 4 atom stereocenters. The number of aliphatic hydroxyl groups excluding tert-OH is 1. The zero-order valence-electron chi connectivity index (χ0n) is 29.3. The lowest BCUT2D eigenvalue weighted by Gasteiger charge is -2.30. The van der Waals surface area contributed by atoms with Crippen LogP contribution in [0.15, 0.2) is 78.3 Å². The van der Waals surface area contributed by atoms with Crippen molar-refractivity contribution < 1.29 is 33.7 Å². The molecule has 13 nitrogen and oxygen atoms in total. The predicted molar refractivity (Wildman–Crippen MR) is 199 cm³/mol. The van der Waals surface area contributed by atoms with Gasteiger partial charge < -0.3 is 40.2 Å². The summed E-state index contributed by atoms with van der Waals surface area (Å²) in [5.74, 6) is -0.692. The number of aromatic nitrogens is 2. The number of thiazole rings is 1. The van der Waals surface area contributed by atoms with Gasteiger partial charge in [0.15, 0.2) is 5.13 Å². The minimum Gasteiger partial charge on any atom is -0.444 e. The second kappa shape index (κ2) is 19.9. The van der Waals surface area contributed by atoms with Crippen molar-refractivity contribution in [1.29, 1.82) is 0 Å². The van der Waals surface area contributed by atoms with Crippen LogP contribution >= 0.6 is 22.9 Å². The fraction of sp³-hybridized carbons (Fsp3) is 0.432. The van der Waals surface area contributed by atoms with Crippen LogP contribution in [0.1, 0.15) is 42.0 Å². The molecular weight excluding hydrogens is 705 g/mol. The first-order valence-corrected chi connectivity index (χ1v) is 19.0. The van der Waals surface area contributed by atoms with E-state index in [0.29, 0.717) is 31.7 Å². The van der Waals surface area contributed by atoms with Crippen molar-refractivity contribution in [3.63, 3.8) is 0 Å². The van der Waals surface area contributed by atoms with E-state index in [4.69, 9.17) is 14.2 Å². The number of anilines is 1. The summed E-state index contributed by atoms with van der Waals surface area (Å²) in [5.41, 5.74) is 2.48. The monoisotopic (exact) mass is 750 g/mol. The maximum absolute atomic E-state index is 13.8. The Morgan fingerprint density at radius 2 is 1.54 bits per heavy atom. The molecule has 1 saturated heterocycles. The van der Waals surface area contributed by atoms with Crippen molar-refractivity contribution in [2.24, 2.45) is 5.92 Å². The van der Waals surface area contributed by atoms with Crippen molar-refractivity contribution >= 4 is 46.1 Å². The standard InChI is InChI=1S/C37H46N6O7S2/c1-25(2)33(42-37(47)49-22-29-24-51-35(40-29)43-15-17-48-18-16-43)34(45)39-28(19-26-9-5-3-6-10-26)21-32(44)31(20-27-11-7-4-8-12-27)41-36(46)50-23-30-13-14-38-52-30/h3-14,24-25,28,31-33,44H,15-23H2,1-2H3,(H,39,45)(H,41,46)(H,42,47)/t28-,31-,32-,33-/m0/s1. The van der Waals surface area contributed by atoms with Gasteiger partial charge in [-0.1, -0.05) is 74.5 Å². The van der Waals surface area contributed by atoms with Crippen LogP contribution < -0.4 is 20.9 Å². The molecule has 0 aliphatic carbocycles. The van der Waals surface area contributed by atoms with Gasteiger partial charge in [0.2, 0.25) is 5.91 Å². The third-order valence-electron chi connectivity index (χ3n) is 8.50. The molecule has 3 amide bonds. The van der Waals surface area contributed by atoms with E-state index in [9.17, 15) is 19.5 Å². The number of hydrogen-bond acceptors (Lipinski definition) is 12. The summed E-state index contributed by atoms with van der Waals surface area (Å²) in [6, 6.07) is 18.7. The number of nitrogens with zero attached hydrogens (tertiary/aromatic N) is 3. The summed E-state index contributed by atoms with van der Waals surface area (Å²) in [7, 11) is 0. The number of alkyl carbamates (subject to hydrolysis) is 2. The molecule has 278 valence electrons. The summed E-state index contributed by atoms with van der Waals surface area (Å²) in [4.78, 5) is 47.1. The van der Waals surface area contributed by atoms with Gasteiger partial charge in [0.1, 0.15) is 19.3 Å². The summed E-state index contributed by atoms with van der Waals surface area (Å²) in [6.07, 6.45) is 0.00419. The highest BCUT2D eigenvalue weighted by molar-refractivity contribution is 7.13. The Hall–Kier alpha value is -4.57. The quantitative estimate of drug-likeness (QED) is 0.119. The normalized spacial score (nSPS) is 15.3. The molecule has 0 radical (unpaired) electrons. The third kappa shape index (κ3) is 12.3. The molecule has 2 aromatic carbocycles. The van der Waals surface area contributed by atoms with E-state index in [1.54, 1.807) is 12.3 Å². The number of ether oxygens (including phenoxy) is 3. The molecule has 1 fully saturated rings. The highest BCUT2D eigenvalue weighted by atomic mass is 32.1. The summed E-state index contributed by atoms with van der Waals surface area (Å²) in [6.45, 7) is 6.49. The Kier molecular flexibility index (Phi) is 14.8. The second-order valence-corrected chi connectivity index (χ2v) is 14.6. The van der Waals surface area contributed by atoms with Crippen LogP contribution in [0.4, 0.5) is 14.7 Å². The van der Waals surface area contributed by atoms with Crippen LogP contribution in [0.3, 0.4) is 0 Å². The van der Waals surface area contributed by atoms with Crippen molar-refractivity contribution in [3.05, 3.63) is 100 Å². The molecule has 4 aromatic rings. The van der Waals surface area contributed by atoms with Gasteiger partial charge in [-0.05, 0) is 53.9 Å². The van der Waals surface area contributed by atoms with Crippen LogP contribution in [0.5, 0.6) is 0 Å². The van der Waals surface area contributed by atoms with Gasteiger partial charge in [0, 0.05) is 30.7 Å². The third-order valence-corrected chi connectivity index (χ3v) is 10.2. The van der Waals surface area contributed by atoms with Gasteiger partial charge in [-0.15, -0.1) is 11.3 Å². The maximum atomic E-state index is 13.8. The van der Waals surface area contributed by atoms with Crippen molar-refractivity contribution in [2.75, 3.05) is 31.2 Å². The molecule has 15 heteroatoms. The SMILES string of the molecule is CC(C)[C@H](NC(=O)OCc1csc(N2CCOCC2)n1)C(=O)N[C@@H](Cc1ccccc1)C[C@H](O)[C@H](Cc1ccccc1)NC(=O)OCc1ccns1. The smallest absolute Gasteiger partial charge is 0.408 e. The Bertz CT molecular complexity index is 1670. The average Bonchev–Trinajstić information content (AvgIpc) is 3.86. The number of carbonyl (C=O) groups excluding carboxylic acids is 3. The maximum Gasteiger partial charge on any atom is 0.408 e. The molecule has 2 aromatic heterocycles. The van der Waals surface area contributed by atoms with Crippen molar-refractivity contribution in [2.45, 2.75) is 70.6 Å². The minimum atomic E-state index is -1.07. The van der Waals surface area contributed by atoms with Gasteiger partial charge in [-0.25, -0.2) is 18.9 Å². The first-order chi connectivity index (χ1) is 25.2.